The van der Waals surface area contributed by atoms with Crippen LogP contribution in [0.2, 0.25) is 0 Å². The third-order valence-corrected chi connectivity index (χ3v) is 5.33. The molecule has 0 atom stereocenters. The molecule has 1 aliphatic heterocycles. The summed E-state index contributed by atoms with van der Waals surface area (Å²) in [5.41, 5.74) is 6.17. The lowest BCUT2D eigenvalue weighted by atomic mass is 10.1. The Labute approximate surface area is 168 Å². The van der Waals surface area contributed by atoms with Gasteiger partial charge in [0, 0.05) is 38.3 Å². The Morgan fingerprint density at radius 2 is 1.64 bits per heavy atom. The number of methoxy groups -OCH3 is 2. The van der Waals surface area contributed by atoms with Crippen LogP contribution in [0, 0.1) is 13.8 Å². The van der Waals surface area contributed by atoms with Gasteiger partial charge in [-0.25, -0.2) is 0 Å². The van der Waals surface area contributed by atoms with E-state index in [0.29, 0.717) is 0 Å². The van der Waals surface area contributed by atoms with Gasteiger partial charge in [0.25, 0.3) is 0 Å². The van der Waals surface area contributed by atoms with Crippen molar-refractivity contribution >= 4 is 5.71 Å². The van der Waals surface area contributed by atoms with Crippen molar-refractivity contribution in [3.63, 3.8) is 0 Å². The Balaban J connectivity index is 1.60. The number of benzene rings is 2. The second-order valence-corrected chi connectivity index (χ2v) is 7.41. The minimum Gasteiger partial charge on any atom is -0.493 e. The molecular weight excluding hydrogens is 350 g/mol. The van der Waals surface area contributed by atoms with E-state index >= 15 is 0 Å². The molecule has 0 N–H and O–H groups in total. The number of nitrogens with zero attached hydrogens (tertiary/aromatic N) is 3. The molecule has 1 aliphatic rings. The summed E-state index contributed by atoms with van der Waals surface area (Å²) in [6.07, 6.45) is 0. The number of hydrogen-bond donors (Lipinski definition) is 0. The van der Waals surface area contributed by atoms with Crippen LogP contribution < -0.4 is 9.47 Å². The molecule has 0 radical (unpaired) electrons. The Morgan fingerprint density at radius 1 is 0.929 bits per heavy atom. The lowest BCUT2D eigenvalue weighted by molar-refractivity contribution is 0.130. The molecule has 5 nitrogen and oxygen atoms in total. The average Bonchev–Trinajstić information content (AvgIpc) is 2.70. The summed E-state index contributed by atoms with van der Waals surface area (Å²) in [6.45, 7) is 11.3. The fourth-order valence-electron chi connectivity index (χ4n) is 3.59. The first-order valence-corrected chi connectivity index (χ1v) is 9.81. The normalized spacial score (nSPS) is 15.6. The first kappa shape index (κ1) is 20.2. The van der Waals surface area contributed by atoms with Gasteiger partial charge >= 0.3 is 0 Å². The van der Waals surface area contributed by atoms with Crippen molar-refractivity contribution in [1.29, 1.82) is 0 Å². The molecule has 2 aromatic rings. The summed E-state index contributed by atoms with van der Waals surface area (Å²) < 4.78 is 10.7. The lowest BCUT2D eigenvalue weighted by Gasteiger charge is -2.33. The Bertz CT molecular complexity index is 840. The predicted octanol–water partition coefficient (Wildman–Crippen LogP) is 3.86. The van der Waals surface area contributed by atoms with Gasteiger partial charge in [-0.1, -0.05) is 23.8 Å². The molecule has 0 saturated carbocycles. The lowest BCUT2D eigenvalue weighted by Crippen LogP contribution is -2.44. The summed E-state index contributed by atoms with van der Waals surface area (Å²) in [5.74, 6) is 1.46. The topological polar surface area (TPSA) is 37.3 Å². The molecule has 1 heterocycles. The van der Waals surface area contributed by atoms with Crippen molar-refractivity contribution in [2.75, 3.05) is 40.4 Å². The first-order valence-electron chi connectivity index (χ1n) is 9.81. The van der Waals surface area contributed by atoms with Gasteiger partial charge in [-0.2, -0.15) is 5.10 Å². The van der Waals surface area contributed by atoms with E-state index in [0.717, 1.165) is 55.5 Å². The largest absolute Gasteiger partial charge is 0.493 e. The highest BCUT2D eigenvalue weighted by molar-refractivity contribution is 5.99. The molecule has 5 heteroatoms. The van der Waals surface area contributed by atoms with E-state index in [1.54, 1.807) is 14.2 Å². The summed E-state index contributed by atoms with van der Waals surface area (Å²) in [5, 5.41) is 7.01. The van der Waals surface area contributed by atoms with Crippen LogP contribution >= 0.6 is 0 Å². The molecule has 1 fully saturated rings. The average molecular weight is 382 g/mol. The van der Waals surface area contributed by atoms with Crippen LogP contribution in [0.5, 0.6) is 11.5 Å². The molecular formula is C23H31N3O2. The fraction of sp³-hybridized carbons (Fsp3) is 0.435. The third-order valence-electron chi connectivity index (χ3n) is 5.33. The van der Waals surface area contributed by atoms with Crippen molar-refractivity contribution in [1.82, 2.24) is 9.91 Å². The van der Waals surface area contributed by atoms with Gasteiger partial charge in [-0.15, -0.1) is 0 Å². The number of hydrogen-bond acceptors (Lipinski definition) is 5. The van der Waals surface area contributed by atoms with Crippen LogP contribution in [-0.2, 0) is 6.54 Å². The van der Waals surface area contributed by atoms with Crippen LogP contribution in [0.25, 0.3) is 0 Å². The van der Waals surface area contributed by atoms with E-state index in [-0.39, 0.29) is 0 Å². The van der Waals surface area contributed by atoms with E-state index in [2.05, 4.69) is 42.0 Å². The second-order valence-electron chi connectivity index (χ2n) is 7.41. The summed E-state index contributed by atoms with van der Waals surface area (Å²) >= 11 is 0. The maximum absolute atomic E-state index is 5.40. The van der Waals surface area contributed by atoms with Crippen molar-refractivity contribution < 1.29 is 9.47 Å². The SMILES string of the molecule is COc1ccc(C(C)=NN2CCN(Cc3ccc(C)cc3C)CC2)cc1OC. The van der Waals surface area contributed by atoms with Crippen LogP contribution in [0.15, 0.2) is 41.5 Å². The molecule has 0 bridgehead atoms. The minimum absolute atomic E-state index is 0.729. The highest BCUT2D eigenvalue weighted by Gasteiger charge is 2.17. The van der Waals surface area contributed by atoms with Crippen molar-refractivity contribution in [2.45, 2.75) is 27.3 Å². The quantitative estimate of drug-likeness (QED) is 0.712. The zero-order valence-corrected chi connectivity index (χ0v) is 17.7. The molecule has 28 heavy (non-hydrogen) atoms. The zero-order chi connectivity index (χ0) is 20.1. The molecule has 3 rings (SSSR count). The zero-order valence-electron chi connectivity index (χ0n) is 17.7. The molecule has 150 valence electrons. The van der Waals surface area contributed by atoms with Crippen LogP contribution in [0.4, 0.5) is 0 Å². The monoisotopic (exact) mass is 381 g/mol. The molecule has 0 aliphatic carbocycles. The number of ether oxygens (including phenoxy) is 2. The van der Waals surface area contributed by atoms with E-state index in [4.69, 9.17) is 14.6 Å². The summed E-state index contributed by atoms with van der Waals surface area (Å²) in [7, 11) is 3.30. The minimum atomic E-state index is 0.729. The number of piperazine rings is 1. The maximum atomic E-state index is 5.40. The highest BCUT2D eigenvalue weighted by Crippen LogP contribution is 2.28. The molecule has 0 amide bonds. The van der Waals surface area contributed by atoms with Gasteiger partial charge < -0.3 is 9.47 Å². The van der Waals surface area contributed by atoms with Gasteiger partial charge in [-0.05, 0) is 50.1 Å². The van der Waals surface area contributed by atoms with Crippen molar-refractivity contribution in [3.8, 4) is 11.5 Å². The molecule has 0 aromatic heterocycles. The highest BCUT2D eigenvalue weighted by atomic mass is 16.5. The summed E-state index contributed by atoms with van der Waals surface area (Å²) in [4.78, 5) is 2.51. The second kappa shape index (κ2) is 9.11. The van der Waals surface area contributed by atoms with E-state index < -0.39 is 0 Å². The third kappa shape index (κ3) is 4.84. The van der Waals surface area contributed by atoms with Crippen LogP contribution in [0.3, 0.4) is 0 Å². The smallest absolute Gasteiger partial charge is 0.161 e. The van der Waals surface area contributed by atoms with E-state index in [9.17, 15) is 0 Å². The Hall–Kier alpha value is -2.53. The Morgan fingerprint density at radius 3 is 2.29 bits per heavy atom. The van der Waals surface area contributed by atoms with Gasteiger partial charge in [0.2, 0.25) is 0 Å². The maximum Gasteiger partial charge on any atom is 0.161 e. The van der Waals surface area contributed by atoms with E-state index in [1.807, 2.05) is 25.1 Å². The van der Waals surface area contributed by atoms with Gasteiger partial charge in [0.1, 0.15) is 0 Å². The molecule has 0 unspecified atom stereocenters. The van der Waals surface area contributed by atoms with Crippen LogP contribution in [0.1, 0.15) is 29.2 Å². The van der Waals surface area contributed by atoms with Crippen molar-refractivity contribution in [3.05, 3.63) is 58.7 Å². The Kier molecular flexibility index (Phi) is 6.57. The molecule has 1 saturated heterocycles. The fourth-order valence-corrected chi connectivity index (χ4v) is 3.59. The van der Waals surface area contributed by atoms with Gasteiger partial charge in [0.15, 0.2) is 11.5 Å². The number of aryl methyl sites for hydroxylation is 2. The van der Waals surface area contributed by atoms with E-state index in [1.165, 1.54) is 16.7 Å². The van der Waals surface area contributed by atoms with Crippen molar-refractivity contribution in [2.24, 2.45) is 5.10 Å². The molecule has 2 aromatic carbocycles. The number of hydrazone groups is 1. The van der Waals surface area contributed by atoms with Gasteiger partial charge in [0.05, 0.1) is 19.9 Å². The predicted molar refractivity (Wildman–Crippen MR) is 115 cm³/mol. The summed E-state index contributed by atoms with van der Waals surface area (Å²) in [6, 6.07) is 12.7. The number of rotatable bonds is 6. The molecule has 0 spiro atoms. The van der Waals surface area contributed by atoms with Gasteiger partial charge in [-0.3, -0.25) is 9.91 Å². The standard InChI is InChI=1S/C23H31N3O2/c1-17-6-7-21(18(2)14-17)16-25-10-12-26(13-11-25)24-19(3)20-8-9-22(27-4)23(15-20)28-5/h6-9,14-15H,10-13,16H2,1-5H3. The van der Waals surface area contributed by atoms with Crippen LogP contribution in [-0.4, -0.2) is 56.0 Å². The first-order chi connectivity index (χ1) is 13.5.